The maximum Gasteiger partial charge on any atom is 0.309 e. The van der Waals surface area contributed by atoms with Gasteiger partial charge in [0, 0.05) is 12.6 Å². The van der Waals surface area contributed by atoms with Gasteiger partial charge in [0.05, 0.1) is 12.0 Å². The third-order valence-corrected chi connectivity index (χ3v) is 4.54. The number of likely N-dealkylation sites (tertiary alicyclic amines) is 1. The fourth-order valence-corrected chi connectivity index (χ4v) is 3.05. The average molecular weight is 241 g/mol. The van der Waals surface area contributed by atoms with Crippen LogP contribution in [0.4, 0.5) is 0 Å². The third kappa shape index (κ3) is 2.63. The van der Waals surface area contributed by atoms with E-state index in [0.717, 1.165) is 52.0 Å². The van der Waals surface area contributed by atoms with E-state index in [4.69, 9.17) is 4.74 Å². The van der Waals surface area contributed by atoms with Crippen LogP contribution < -0.4 is 0 Å². The first-order chi connectivity index (χ1) is 8.18. The molecule has 4 heteroatoms. The Balaban J connectivity index is 1.90. The van der Waals surface area contributed by atoms with Crippen LogP contribution in [0.2, 0.25) is 0 Å². The van der Waals surface area contributed by atoms with Crippen LogP contribution in [0.1, 0.15) is 39.0 Å². The fraction of sp³-hybridized carbons (Fsp3) is 0.923. The van der Waals surface area contributed by atoms with Crippen LogP contribution in [0.15, 0.2) is 0 Å². The van der Waals surface area contributed by atoms with Crippen molar-refractivity contribution in [1.29, 1.82) is 0 Å². The minimum atomic E-state index is -0.612. The Hall–Kier alpha value is -0.610. The highest BCUT2D eigenvalue weighted by Gasteiger charge is 2.41. The molecule has 4 nitrogen and oxygen atoms in total. The molecule has 0 amide bonds. The summed E-state index contributed by atoms with van der Waals surface area (Å²) in [6.45, 7) is 5.53. The van der Waals surface area contributed by atoms with E-state index in [2.05, 4.69) is 4.90 Å². The first-order valence-corrected chi connectivity index (χ1v) is 6.73. The molecule has 17 heavy (non-hydrogen) atoms. The predicted molar refractivity (Wildman–Crippen MR) is 65.0 cm³/mol. The largest absolute Gasteiger partial charge is 0.481 e. The van der Waals surface area contributed by atoms with E-state index in [1.807, 2.05) is 6.92 Å². The molecule has 0 aliphatic carbocycles. The zero-order chi connectivity index (χ0) is 12.3. The summed E-state index contributed by atoms with van der Waals surface area (Å²) < 4.78 is 5.50. The molecule has 0 aromatic rings. The fourth-order valence-electron chi connectivity index (χ4n) is 3.05. The molecule has 0 saturated carbocycles. The molecule has 0 bridgehead atoms. The molecular weight excluding hydrogens is 218 g/mol. The number of carboxylic acid groups (broad SMARTS) is 1. The maximum atomic E-state index is 11.3. The molecule has 2 aliphatic rings. The molecule has 0 radical (unpaired) electrons. The molecular formula is C13H23NO3. The van der Waals surface area contributed by atoms with Crippen LogP contribution >= 0.6 is 0 Å². The topological polar surface area (TPSA) is 49.8 Å². The van der Waals surface area contributed by atoms with Gasteiger partial charge in [0.1, 0.15) is 0 Å². The van der Waals surface area contributed by atoms with Crippen LogP contribution in [0.3, 0.4) is 0 Å². The summed E-state index contributed by atoms with van der Waals surface area (Å²) in [5.41, 5.74) is -0.466. The summed E-state index contributed by atoms with van der Waals surface area (Å²) in [4.78, 5) is 13.8. The van der Waals surface area contributed by atoms with Gasteiger partial charge in [-0.05, 0) is 45.2 Å². The summed E-state index contributed by atoms with van der Waals surface area (Å²) in [6, 6.07) is 0.521. The van der Waals surface area contributed by atoms with Gasteiger partial charge in [-0.15, -0.1) is 0 Å². The molecule has 1 atom stereocenters. The molecule has 2 heterocycles. The Morgan fingerprint density at radius 1 is 1.47 bits per heavy atom. The Labute approximate surface area is 103 Å². The monoisotopic (exact) mass is 241 g/mol. The molecule has 1 N–H and O–H groups in total. The van der Waals surface area contributed by atoms with E-state index < -0.39 is 11.4 Å². The molecule has 2 saturated heterocycles. The number of carbonyl (C=O) groups is 1. The SMILES string of the molecule is CCC1(C(=O)O)CCN(C2CCCOC2)CC1. The molecule has 98 valence electrons. The minimum Gasteiger partial charge on any atom is -0.481 e. The van der Waals surface area contributed by atoms with E-state index in [0.29, 0.717) is 6.04 Å². The number of hydrogen-bond donors (Lipinski definition) is 1. The van der Waals surface area contributed by atoms with E-state index in [9.17, 15) is 9.90 Å². The first kappa shape index (κ1) is 12.8. The van der Waals surface area contributed by atoms with Crippen molar-refractivity contribution in [3.05, 3.63) is 0 Å². The summed E-state index contributed by atoms with van der Waals surface area (Å²) in [5, 5.41) is 9.34. The van der Waals surface area contributed by atoms with E-state index >= 15 is 0 Å². The summed E-state index contributed by atoms with van der Waals surface area (Å²) in [5.74, 6) is -0.612. The highest BCUT2D eigenvalue weighted by Crippen LogP contribution is 2.36. The zero-order valence-electron chi connectivity index (χ0n) is 10.7. The second-order valence-electron chi connectivity index (χ2n) is 5.35. The van der Waals surface area contributed by atoms with Gasteiger partial charge in [0.2, 0.25) is 0 Å². The first-order valence-electron chi connectivity index (χ1n) is 6.73. The van der Waals surface area contributed by atoms with E-state index in [1.165, 1.54) is 6.42 Å². The summed E-state index contributed by atoms with van der Waals surface area (Å²) in [6.07, 6.45) is 4.66. The molecule has 2 aliphatic heterocycles. The summed E-state index contributed by atoms with van der Waals surface area (Å²) >= 11 is 0. The number of nitrogens with zero attached hydrogens (tertiary/aromatic N) is 1. The van der Waals surface area contributed by atoms with Gasteiger partial charge >= 0.3 is 5.97 Å². The Morgan fingerprint density at radius 3 is 2.65 bits per heavy atom. The smallest absolute Gasteiger partial charge is 0.309 e. The number of rotatable bonds is 3. The van der Waals surface area contributed by atoms with Crippen molar-refractivity contribution in [1.82, 2.24) is 4.90 Å². The summed E-state index contributed by atoms with van der Waals surface area (Å²) in [7, 11) is 0. The molecule has 0 spiro atoms. The molecule has 1 unspecified atom stereocenters. The van der Waals surface area contributed by atoms with Crippen molar-refractivity contribution in [2.24, 2.45) is 5.41 Å². The van der Waals surface area contributed by atoms with Crippen LogP contribution in [-0.2, 0) is 9.53 Å². The van der Waals surface area contributed by atoms with Crippen molar-refractivity contribution in [2.45, 2.75) is 45.1 Å². The quantitative estimate of drug-likeness (QED) is 0.817. The number of hydrogen-bond acceptors (Lipinski definition) is 3. The van der Waals surface area contributed by atoms with Crippen LogP contribution in [-0.4, -0.2) is 48.3 Å². The number of aliphatic carboxylic acids is 1. The lowest BCUT2D eigenvalue weighted by Gasteiger charge is -2.42. The highest BCUT2D eigenvalue weighted by atomic mass is 16.5. The van der Waals surface area contributed by atoms with Crippen molar-refractivity contribution in [3.63, 3.8) is 0 Å². The highest BCUT2D eigenvalue weighted by molar-refractivity contribution is 5.74. The van der Waals surface area contributed by atoms with Gasteiger partial charge in [0.15, 0.2) is 0 Å². The minimum absolute atomic E-state index is 0.466. The standard InChI is InChI=1S/C13H23NO3/c1-2-13(12(15)16)5-7-14(8-6-13)11-4-3-9-17-10-11/h11H,2-10H2,1H3,(H,15,16). The number of carboxylic acids is 1. The zero-order valence-corrected chi connectivity index (χ0v) is 10.7. The molecule has 0 aromatic heterocycles. The number of ether oxygens (including phenoxy) is 1. The Kier molecular flexibility index (Phi) is 4.05. The van der Waals surface area contributed by atoms with Crippen molar-refractivity contribution in [3.8, 4) is 0 Å². The average Bonchev–Trinajstić information content (AvgIpc) is 2.39. The molecule has 2 rings (SSSR count). The van der Waals surface area contributed by atoms with Gasteiger partial charge in [-0.1, -0.05) is 6.92 Å². The number of piperidine rings is 1. The van der Waals surface area contributed by atoms with E-state index in [1.54, 1.807) is 0 Å². The lowest BCUT2D eigenvalue weighted by Crippen LogP contribution is -2.50. The van der Waals surface area contributed by atoms with Gasteiger partial charge < -0.3 is 9.84 Å². The van der Waals surface area contributed by atoms with Crippen molar-refractivity contribution in [2.75, 3.05) is 26.3 Å². The van der Waals surface area contributed by atoms with Crippen LogP contribution in [0, 0.1) is 5.41 Å². The predicted octanol–water partition coefficient (Wildman–Crippen LogP) is 1.74. The third-order valence-electron chi connectivity index (χ3n) is 4.54. The normalized spacial score (nSPS) is 30.1. The van der Waals surface area contributed by atoms with Crippen molar-refractivity contribution < 1.29 is 14.6 Å². The maximum absolute atomic E-state index is 11.3. The van der Waals surface area contributed by atoms with Gasteiger partial charge in [-0.2, -0.15) is 0 Å². The second-order valence-corrected chi connectivity index (χ2v) is 5.35. The van der Waals surface area contributed by atoms with Crippen LogP contribution in [0.5, 0.6) is 0 Å². The van der Waals surface area contributed by atoms with Gasteiger partial charge in [0.25, 0.3) is 0 Å². The lowest BCUT2D eigenvalue weighted by molar-refractivity contribution is -0.153. The van der Waals surface area contributed by atoms with Crippen molar-refractivity contribution >= 4 is 5.97 Å². The van der Waals surface area contributed by atoms with Crippen LogP contribution in [0.25, 0.3) is 0 Å². The second kappa shape index (κ2) is 5.36. The van der Waals surface area contributed by atoms with Gasteiger partial charge in [-0.3, -0.25) is 9.69 Å². The Morgan fingerprint density at radius 2 is 2.18 bits per heavy atom. The lowest BCUT2D eigenvalue weighted by atomic mass is 9.76. The van der Waals surface area contributed by atoms with Gasteiger partial charge in [-0.25, -0.2) is 0 Å². The molecule has 0 aromatic carbocycles. The molecule has 2 fully saturated rings. The Bertz CT molecular complexity index is 266. The van der Waals surface area contributed by atoms with E-state index in [-0.39, 0.29) is 0 Å².